The number of carbonyl (C=O) groups excluding carboxylic acids is 1. The van der Waals surface area contributed by atoms with Crippen molar-refractivity contribution in [2.24, 2.45) is 5.92 Å². The highest BCUT2D eigenvalue weighted by molar-refractivity contribution is 8.01. The number of furan rings is 1. The summed E-state index contributed by atoms with van der Waals surface area (Å²) in [4.78, 5) is 14.5. The summed E-state index contributed by atoms with van der Waals surface area (Å²) in [6, 6.07) is 1.85. The third kappa shape index (κ3) is 2.69. The average molecular weight is 321 g/mol. The molecular formula is C17H23NO3S. The molecule has 22 heavy (non-hydrogen) atoms. The molecule has 0 N–H and O–H groups in total. The predicted octanol–water partition coefficient (Wildman–Crippen LogP) is 3.02. The normalized spacial score (nSPS) is 26.5. The third-order valence-corrected chi connectivity index (χ3v) is 6.53. The van der Waals surface area contributed by atoms with Gasteiger partial charge in [-0.25, -0.2) is 0 Å². The van der Waals surface area contributed by atoms with E-state index >= 15 is 0 Å². The Morgan fingerprint density at radius 1 is 1.45 bits per heavy atom. The lowest BCUT2D eigenvalue weighted by Crippen LogP contribution is -2.60. The second-order valence-electron chi connectivity index (χ2n) is 7.08. The van der Waals surface area contributed by atoms with E-state index in [2.05, 4.69) is 0 Å². The summed E-state index contributed by atoms with van der Waals surface area (Å²) >= 11 is 2.00. The molecule has 4 rings (SSSR count). The summed E-state index contributed by atoms with van der Waals surface area (Å²) in [5, 5.41) is 0. The van der Waals surface area contributed by atoms with Crippen molar-refractivity contribution < 1.29 is 13.9 Å². The molecule has 1 spiro atoms. The first-order valence-electron chi connectivity index (χ1n) is 8.16. The number of thioether (sulfide) groups is 1. The van der Waals surface area contributed by atoms with Crippen LogP contribution in [0.15, 0.2) is 10.5 Å². The zero-order valence-electron chi connectivity index (χ0n) is 13.3. The van der Waals surface area contributed by atoms with Crippen LogP contribution >= 0.6 is 11.8 Å². The molecule has 2 saturated heterocycles. The van der Waals surface area contributed by atoms with Crippen LogP contribution in [-0.4, -0.2) is 47.1 Å². The fraction of sp³-hybridized carbons (Fsp3) is 0.706. The molecule has 0 bridgehead atoms. The van der Waals surface area contributed by atoms with E-state index in [9.17, 15) is 4.79 Å². The standard InChI is InChI=1S/C17H23NO3S/c1-11-5-15(12(2)21-11)16(19)18-9-17(10-18)6-14(8-22-17)20-7-13-3-4-13/h5,13-14H,3-4,6-10H2,1-2H3/t14-/m0/s1. The number of nitrogens with zero attached hydrogens (tertiary/aromatic N) is 1. The minimum atomic E-state index is 0.114. The minimum Gasteiger partial charge on any atom is -0.466 e. The van der Waals surface area contributed by atoms with Crippen molar-refractivity contribution >= 4 is 17.7 Å². The number of hydrogen-bond donors (Lipinski definition) is 0. The highest BCUT2D eigenvalue weighted by atomic mass is 32.2. The number of ether oxygens (including phenoxy) is 1. The van der Waals surface area contributed by atoms with Gasteiger partial charge in [-0.1, -0.05) is 0 Å². The van der Waals surface area contributed by atoms with Gasteiger partial charge in [-0.05, 0) is 45.1 Å². The van der Waals surface area contributed by atoms with Crippen molar-refractivity contribution in [3.05, 3.63) is 23.2 Å². The molecule has 3 heterocycles. The highest BCUT2D eigenvalue weighted by Gasteiger charge is 2.51. The molecule has 2 aliphatic heterocycles. The molecule has 0 unspecified atom stereocenters. The third-order valence-electron chi connectivity index (χ3n) is 4.96. The molecule has 1 saturated carbocycles. The SMILES string of the molecule is Cc1cc(C(=O)N2CC3(C[C@H](OCC4CC4)CS3)C2)c(C)o1. The largest absolute Gasteiger partial charge is 0.466 e. The lowest BCUT2D eigenvalue weighted by molar-refractivity contribution is 0.0286. The van der Waals surface area contributed by atoms with Crippen LogP contribution in [0, 0.1) is 19.8 Å². The Morgan fingerprint density at radius 2 is 2.23 bits per heavy atom. The molecule has 3 fully saturated rings. The van der Waals surface area contributed by atoms with Crippen molar-refractivity contribution in [3.8, 4) is 0 Å². The molecule has 5 heteroatoms. The van der Waals surface area contributed by atoms with E-state index in [1.165, 1.54) is 12.8 Å². The first-order chi connectivity index (χ1) is 10.5. The number of carbonyl (C=O) groups is 1. The predicted molar refractivity (Wildman–Crippen MR) is 86.4 cm³/mol. The molecule has 1 aromatic rings. The van der Waals surface area contributed by atoms with Gasteiger partial charge in [-0.2, -0.15) is 0 Å². The van der Waals surface area contributed by atoms with Crippen molar-refractivity contribution in [3.63, 3.8) is 0 Å². The van der Waals surface area contributed by atoms with E-state index in [-0.39, 0.29) is 10.7 Å². The maximum absolute atomic E-state index is 12.5. The summed E-state index contributed by atoms with van der Waals surface area (Å²) in [7, 11) is 0. The number of aryl methyl sites for hydroxylation is 2. The van der Waals surface area contributed by atoms with Crippen LogP contribution in [0.5, 0.6) is 0 Å². The lowest BCUT2D eigenvalue weighted by atomic mass is 9.92. The van der Waals surface area contributed by atoms with Gasteiger partial charge in [0.05, 0.1) is 16.4 Å². The second-order valence-corrected chi connectivity index (χ2v) is 8.57. The monoisotopic (exact) mass is 321 g/mol. The first-order valence-corrected chi connectivity index (χ1v) is 9.15. The van der Waals surface area contributed by atoms with E-state index in [4.69, 9.17) is 9.15 Å². The highest BCUT2D eigenvalue weighted by Crippen LogP contribution is 2.47. The lowest BCUT2D eigenvalue weighted by Gasteiger charge is -2.47. The number of likely N-dealkylation sites (tertiary alicyclic amines) is 1. The van der Waals surface area contributed by atoms with E-state index in [0.29, 0.717) is 6.10 Å². The average Bonchev–Trinajstić information content (AvgIpc) is 3.07. The van der Waals surface area contributed by atoms with Gasteiger partial charge in [0.1, 0.15) is 11.5 Å². The molecule has 3 aliphatic rings. The van der Waals surface area contributed by atoms with Crippen molar-refractivity contribution in [2.45, 2.75) is 44.0 Å². The van der Waals surface area contributed by atoms with Crippen LogP contribution in [0.4, 0.5) is 0 Å². The Balaban J connectivity index is 1.31. The van der Waals surface area contributed by atoms with Gasteiger partial charge in [-0.15, -0.1) is 11.8 Å². The topological polar surface area (TPSA) is 42.7 Å². The van der Waals surface area contributed by atoms with E-state index in [0.717, 1.165) is 54.9 Å². The van der Waals surface area contributed by atoms with Crippen LogP contribution in [0.2, 0.25) is 0 Å². The Morgan fingerprint density at radius 3 is 2.86 bits per heavy atom. The zero-order chi connectivity index (χ0) is 15.3. The zero-order valence-corrected chi connectivity index (χ0v) is 14.1. The van der Waals surface area contributed by atoms with Crippen molar-refractivity contribution in [1.82, 2.24) is 4.90 Å². The summed E-state index contributed by atoms with van der Waals surface area (Å²) in [6.45, 7) is 6.39. The van der Waals surface area contributed by atoms with Crippen LogP contribution in [0.25, 0.3) is 0 Å². The second kappa shape index (κ2) is 5.31. The fourth-order valence-corrected chi connectivity index (χ4v) is 5.04. The summed E-state index contributed by atoms with van der Waals surface area (Å²) < 4.78 is 11.7. The van der Waals surface area contributed by atoms with Gasteiger partial charge in [0.2, 0.25) is 0 Å². The molecule has 0 radical (unpaired) electrons. The quantitative estimate of drug-likeness (QED) is 0.855. The Hall–Kier alpha value is -0.940. The Bertz CT molecular complexity index is 587. The fourth-order valence-electron chi connectivity index (χ4n) is 3.49. The van der Waals surface area contributed by atoms with Gasteiger partial charge >= 0.3 is 0 Å². The maximum Gasteiger partial charge on any atom is 0.257 e. The summed E-state index contributed by atoms with van der Waals surface area (Å²) in [5.41, 5.74) is 0.719. The molecule has 0 aromatic carbocycles. The number of hydrogen-bond acceptors (Lipinski definition) is 4. The van der Waals surface area contributed by atoms with E-state index in [1.807, 2.05) is 36.6 Å². The van der Waals surface area contributed by atoms with Crippen LogP contribution in [-0.2, 0) is 4.74 Å². The molecule has 1 amide bonds. The van der Waals surface area contributed by atoms with Crippen molar-refractivity contribution in [2.75, 3.05) is 25.4 Å². The van der Waals surface area contributed by atoms with E-state index < -0.39 is 0 Å². The Kier molecular flexibility index (Phi) is 3.53. The number of rotatable bonds is 4. The smallest absolute Gasteiger partial charge is 0.257 e. The molecule has 1 aliphatic carbocycles. The van der Waals surface area contributed by atoms with Gasteiger partial charge in [0.15, 0.2) is 0 Å². The minimum absolute atomic E-state index is 0.114. The van der Waals surface area contributed by atoms with Gasteiger partial charge in [-0.3, -0.25) is 4.79 Å². The molecule has 1 atom stereocenters. The molecule has 120 valence electrons. The molecule has 4 nitrogen and oxygen atoms in total. The van der Waals surface area contributed by atoms with Crippen LogP contribution in [0.3, 0.4) is 0 Å². The Labute approximate surface area is 135 Å². The van der Waals surface area contributed by atoms with Gasteiger partial charge < -0.3 is 14.1 Å². The maximum atomic E-state index is 12.5. The molecule has 1 aromatic heterocycles. The molecular weight excluding hydrogens is 298 g/mol. The number of amides is 1. The van der Waals surface area contributed by atoms with Crippen LogP contribution in [0.1, 0.15) is 41.1 Å². The van der Waals surface area contributed by atoms with E-state index in [1.54, 1.807) is 0 Å². The first kappa shape index (κ1) is 14.6. The van der Waals surface area contributed by atoms with Crippen LogP contribution < -0.4 is 0 Å². The summed E-state index contributed by atoms with van der Waals surface area (Å²) in [6.07, 6.45) is 4.17. The van der Waals surface area contributed by atoms with Gasteiger partial charge in [0.25, 0.3) is 5.91 Å². The van der Waals surface area contributed by atoms with Gasteiger partial charge in [0, 0.05) is 25.4 Å². The van der Waals surface area contributed by atoms with Crippen molar-refractivity contribution in [1.29, 1.82) is 0 Å². The summed E-state index contributed by atoms with van der Waals surface area (Å²) in [5.74, 6) is 3.56.